The van der Waals surface area contributed by atoms with Crippen molar-refractivity contribution >= 4 is 17.5 Å². The first-order valence-electron chi connectivity index (χ1n) is 5.05. The molecule has 1 aromatic heterocycles. The summed E-state index contributed by atoms with van der Waals surface area (Å²) in [5.74, 6) is -0.774. The summed E-state index contributed by atoms with van der Waals surface area (Å²) in [4.78, 5) is 15.3. The number of aromatic nitrogens is 1. The molecule has 0 saturated heterocycles. The summed E-state index contributed by atoms with van der Waals surface area (Å²) in [6, 6.07) is 2.52. The average Bonchev–Trinajstić information content (AvgIpc) is 2.16. The van der Waals surface area contributed by atoms with Gasteiger partial charge in [0, 0.05) is 11.4 Å². The van der Waals surface area contributed by atoms with E-state index < -0.39 is 5.82 Å². The Morgan fingerprint density at radius 1 is 1.56 bits per heavy atom. The molecule has 88 valence electrons. The molecule has 0 saturated carbocycles. The fourth-order valence-electron chi connectivity index (χ4n) is 1.35. The molecule has 0 aromatic carbocycles. The van der Waals surface area contributed by atoms with Crippen molar-refractivity contribution in [2.24, 2.45) is 0 Å². The number of alkyl halides is 1. The molecule has 0 aliphatic rings. The van der Waals surface area contributed by atoms with E-state index in [-0.39, 0.29) is 23.0 Å². The Morgan fingerprint density at radius 2 is 2.25 bits per heavy atom. The van der Waals surface area contributed by atoms with E-state index in [0.717, 1.165) is 6.20 Å². The fraction of sp³-hybridized carbons (Fsp3) is 0.455. The van der Waals surface area contributed by atoms with E-state index in [9.17, 15) is 9.18 Å². The number of rotatable bonds is 4. The molecule has 0 radical (unpaired) electrons. The first-order valence-corrected chi connectivity index (χ1v) is 5.49. The highest BCUT2D eigenvalue weighted by Crippen LogP contribution is 2.05. The van der Waals surface area contributed by atoms with Gasteiger partial charge in [-0.3, -0.25) is 4.79 Å². The highest BCUT2D eigenvalue weighted by atomic mass is 35.5. The number of hydrogen-bond acceptors (Lipinski definition) is 2. The molecule has 1 amide bonds. The van der Waals surface area contributed by atoms with Crippen molar-refractivity contribution in [2.45, 2.75) is 31.7 Å². The van der Waals surface area contributed by atoms with Crippen LogP contribution in [0.5, 0.6) is 0 Å². The minimum Gasteiger partial charge on any atom is -0.348 e. The quantitative estimate of drug-likeness (QED) is 0.827. The summed E-state index contributed by atoms with van der Waals surface area (Å²) in [6.07, 6.45) is 1.69. The van der Waals surface area contributed by atoms with Crippen LogP contribution in [-0.2, 0) is 0 Å². The van der Waals surface area contributed by atoms with Crippen LogP contribution in [0.15, 0.2) is 18.3 Å². The van der Waals surface area contributed by atoms with Crippen LogP contribution in [-0.4, -0.2) is 22.3 Å². The van der Waals surface area contributed by atoms with Gasteiger partial charge in [-0.1, -0.05) is 0 Å². The number of pyridine rings is 1. The molecule has 1 heterocycles. The number of hydrogen-bond donors (Lipinski definition) is 1. The number of nitrogens with zero attached hydrogens (tertiary/aromatic N) is 1. The SMILES string of the molecule is CC(Cl)CC(C)NC(=O)c1ccc(F)cn1. The molecule has 1 rings (SSSR count). The predicted molar refractivity (Wildman–Crippen MR) is 61.1 cm³/mol. The van der Waals surface area contributed by atoms with E-state index in [1.807, 2.05) is 13.8 Å². The third kappa shape index (κ3) is 4.14. The van der Waals surface area contributed by atoms with Gasteiger partial charge < -0.3 is 5.32 Å². The third-order valence-electron chi connectivity index (χ3n) is 2.02. The molecule has 0 aliphatic carbocycles. The van der Waals surface area contributed by atoms with Gasteiger partial charge >= 0.3 is 0 Å². The highest BCUT2D eigenvalue weighted by molar-refractivity contribution is 6.20. The van der Waals surface area contributed by atoms with Crippen molar-refractivity contribution in [2.75, 3.05) is 0 Å². The molecule has 2 unspecified atom stereocenters. The van der Waals surface area contributed by atoms with Gasteiger partial charge in [-0.15, -0.1) is 11.6 Å². The maximum atomic E-state index is 12.6. The van der Waals surface area contributed by atoms with Gasteiger partial charge in [0.1, 0.15) is 11.5 Å². The summed E-state index contributed by atoms with van der Waals surface area (Å²) in [6.45, 7) is 3.72. The van der Waals surface area contributed by atoms with E-state index >= 15 is 0 Å². The zero-order valence-corrected chi connectivity index (χ0v) is 9.96. The van der Waals surface area contributed by atoms with Crippen LogP contribution in [0.1, 0.15) is 30.8 Å². The molecule has 3 nitrogen and oxygen atoms in total. The monoisotopic (exact) mass is 244 g/mol. The maximum Gasteiger partial charge on any atom is 0.270 e. The van der Waals surface area contributed by atoms with Gasteiger partial charge in [-0.05, 0) is 32.4 Å². The molecule has 16 heavy (non-hydrogen) atoms. The zero-order chi connectivity index (χ0) is 12.1. The van der Waals surface area contributed by atoms with Gasteiger partial charge in [0.15, 0.2) is 0 Å². The number of amides is 1. The summed E-state index contributed by atoms with van der Waals surface area (Å²) in [7, 11) is 0. The Bertz CT molecular complexity index is 354. The van der Waals surface area contributed by atoms with Gasteiger partial charge in [0.2, 0.25) is 0 Å². The molecular formula is C11H14ClFN2O. The lowest BCUT2D eigenvalue weighted by molar-refractivity contribution is 0.0933. The van der Waals surface area contributed by atoms with Gasteiger partial charge in [0.25, 0.3) is 5.91 Å². The second-order valence-corrected chi connectivity index (χ2v) is 4.50. The normalized spacial score (nSPS) is 14.2. The summed E-state index contributed by atoms with van der Waals surface area (Å²) >= 11 is 5.81. The Kier molecular flexibility index (Phi) is 4.68. The lowest BCUT2D eigenvalue weighted by Crippen LogP contribution is -2.34. The largest absolute Gasteiger partial charge is 0.348 e. The molecular weight excluding hydrogens is 231 g/mol. The number of carbonyl (C=O) groups is 1. The molecule has 5 heteroatoms. The van der Waals surface area contributed by atoms with Gasteiger partial charge in [-0.2, -0.15) is 0 Å². The van der Waals surface area contributed by atoms with E-state index in [0.29, 0.717) is 6.42 Å². The van der Waals surface area contributed by atoms with Crippen molar-refractivity contribution in [3.8, 4) is 0 Å². The minimum absolute atomic E-state index is 0.00326. The van der Waals surface area contributed by atoms with Crippen molar-refractivity contribution in [3.05, 3.63) is 29.8 Å². The van der Waals surface area contributed by atoms with Crippen LogP contribution in [0.25, 0.3) is 0 Å². The van der Waals surface area contributed by atoms with Crippen LogP contribution >= 0.6 is 11.6 Å². The van der Waals surface area contributed by atoms with Crippen molar-refractivity contribution < 1.29 is 9.18 Å². The second-order valence-electron chi connectivity index (χ2n) is 3.75. The second kappa shape index (κ2) is 5.80. The molecule has 0 aliphatic heterocycles. The molecule has 0 fully saturated rings. The van der Waals surface area contributed by atoms with E-state index in [2.05, 4.69) is 10.3 Å². The summed E-state index contributed by atoms with van der Waals surface area (Å²) < 4.78 is 12.6. The van der Waals surface area contributed by atoms with Crippen LogP contribution in [0.4, 0.5) is 4.39 Å². The molecule has 0 bridgehead atoms. The van der Waals surface area contributed by atoms with Crippen molar-refractivity contribution in [1.29, 1.82) is 0 Å². The van der Waals surface area contributed by atoms with Gasteiger partial charge in [0.05, 0.1) is 6.20 Å². The lowest BCUT2D eigenvalue weighted by Gasteiger charge is -2.14. The number of nitrogens with one attached hydrogen (secondary N) is 1. The van der Waals surface area contributed by atoms with Crippen molar-refractivity contribution in [3.63, 3.8) is 0 Å². The standard InChI is InChI=1S/C11H14ClFN2O/c1-7(12)5-8(2)15-11(16)10-4-3-9(13)6-14-10/h3-4,6-8H,5H2,1-2H3,(H,15,16). The average molecular weight is 245 g/mol. The molecule has 0 spiro atoms. The van der Waals surface area contributed by atoms with E-state index in [1.165, 1.54) is 12.1 Å². The predicted octanol–water partition coefficient (Wildman–Crippen LogP) is 2.36. The Balaban J connectivity index is 2.55. The van der Waals surface area contributed by atoms with Crippen LogP contribution in [0, 0.1) is 5.82 Å². The zero-order valence-electron chi connectivity index (χ0n) is 9.21. The number of halogens is 2. The molecule has 2 atom stereocenters. The lowest BCUT2D eigenvalue weighted by atomic mass is 10.2. The van der Waals surface area contributed by atoms with Crippen LogP contribution in [0.3, 0.4) is 0 Å². The van der Waals surface area contributed by atoms with Crippen molar-refractivity contribution in [1.82, 2.24) is 10.3 Å². The minimum atomic E-state index is -0.459. The van der Waals surface area contributed by atoms with Crippen LogP contribution in [0.2, 0.25) is 0 Å². The third-order valence-corrected chi connectivity index (χ3v) is 2.19. The molecule has 1 aromatic rings. The van der Waals surface area contributed by atoms with E-state index in [1.54, 1.807) is 0 Å². The first kappa shape index (κ1) is 12.9. The smallest absolute Gasteiger partial charge is 0.270 e. The Morgan fingerprint density at radius 3 is 2.75 bits per heavy atom. The van der Waals surface area contributed by atoms with Crippen LogP contribution < -0.4 is 5.32 Å². The summed E-state index contributed by atoms with van der Waals surface area (Å²) in [5, 5.41) is 2.74. The Labute approximate surface area is 99.0 Å². The fourth-order valence-corrected chi connectivity index (χ4v) is 1.62. The summed E-state index contributed by atoms with van der Waals surface area (Å²) in [5.41, 5.74) is 0.204. The van der Waals surface area contributed by atoms with Gasteiger partial charge in [-0.25, -0.2) is 9.37 Å². The maximum absolute atomic E-state index is 12.6. The topological polar surface area (TPSA) is 42.0 Å². The number of carbonyl (C=O) groups excluding carboxylic acids is 1. The Hall–Kier alpha value is -1.16. The molecule has 1 N–H and O–H groups in total. The van der Waals surface area contributed by atoms with E-state index in [4.69, 9.17) is 11.6 Å². The highest BCUT2D eigenvalue weighted by Gasteiger charge is 2.12. The first-order chi connectivity index (χ1) is 7.49.